The zero-order valence-corrected chi connectivity index (χ0v) is 16.2. The molecule has 6 nitrogen and oxygen atoms in total. The Morgan fingerprint density at radius 2 is 1.70 bits per heavy atom. The third kappa shape index (κ3) is 5.11. The molecule has 1 amide bonds. The van der Waals surface area contributed by atoms with Gasteiger partial charge in [0.05, 0.1) is 26.0 Å². The number of aromatic nitrogens is 1. The number of halogens is 3. The van der Waals surface area contributed by atoms with Crippen molar-refractivity contribution < 1.29 is 32.0 Å². The number of amides is 1. The van der Waals surface area contributed by atoms with Gasteiger partial charge in [-0.1, -0.05) is 17.3 Å². The Balaban J connectivity index is 1.66. The lowest BCUT2D eigenvalue weighted by Crippen LogP contribution is -2.12. The van der Waals surface area contributed by atoms with Crippen LogP contribution in [0.15, 0.2) is 53.2 Å². The van der Waals surface area contributed by atoms with E-state index >= 15 is 0 Å². The average Bonchev–Trinajstić information content (AvgIpc) is 3.20. The number of hydrogen-bond donors (Lipinski definition) is 1. The molecule has 30 heavy (non-hydrogen) atoms. The standard InChI is InChI=1S/C21H19F3N2O4/c1-28-17-9-16(10-18(11-17)29-2)26-19(27)8-5-14-12-25-30-20(14)13-3-6-15(7-4-13)21(22,23)24/h3-4,6-7,9-12H,5,8H2,1-2H3,(H,26,27). The largest absolute Gasteiger partial charge is 0.497 e. The molecule has 0 aliphatic carbocycles. The number of ether oxygens (including phenoxy) is 2. The zero-order valence-electron chi connectivity index (χ0n) is 16.2. The van der Waals surface area contributed by atoms with Gasteiger partial charge in [-0.15, -0.1) is 0 Å². The van der Waals surface area contributed by atoms with E-state index in [1.54, 1.807) is 18.2 Å². The van der Waals surface area contributed by atoms with Crippen molar-refractivity contribution in [1.82, 2.24) is 5.16 Å². The van der Waals surface area contributed by atoms with Gasteiger partial charge >= 0.3 is 6.18 Å². The molecule has 9 heteroatoms. The molecular weight excluding hydrogens is 401 g/mol. The number of hydrogen-bond acceptors (Lipinski definition) is 5. The fourth-order valence-electron chi connectivity index (χ4n) is 2.84. The molecule has 0 spiro atoms. The summed E-state index contributed by atoms with van der Waals surface area (Å²) in [6.07, 6.45) is -2.54. The minimum Gasteiger partial charge on any atom is -0.497 e. The Bertz CT molecular complexity index is 992. The molecular formula is C21H19F3N2O4. The molecule has 3 rings (SSSR count). The highest BCUT2D eigenvalue weighted by atomic mass is 19.4. The maximum Gasteiger partial charge on any atom is 0.416 e. The van der Waals surface area contributed by atoms with Crippen LogP contribution in [-0.4, -0.2) is 25.3 Å². The van der Waals surface area contributed by atoms with E-state index in [2.05, 4.69) is 10.5 Å². The van der Waals surface area contributed by atoms with Crippen LogP contribution in [0.3, 0.4) is 0 Å². The molecule has 0 atom stereocenters. The second-order valence-electron chi connectivity index (χ2n) is 6.40. The highest BCUT2D eigenvalue weighted by molar-refractivity contribution is 5.91. The van der Waals surface area contributed by atoms with Crippen molar-refractivity contribution in [3.8, 4) is 22.8 Å². The van der Waals surface area contributed by atoms with Crippen LogP contribution >= 0.6 is 0 Å². The summed E-state index contributed by atoms with van der Waals surface area (Å²) in [5.74, 6) is 1.14. The first-order valence-electron chi connectivity index (χ1n) is 8.94. The predicted octanol–water partition coefficient (Wildman–Crippen LogP) is 4.95. The molecule has 0 aliphatic heterocycles. The van der Waals surface area contributed by atoms with Crippen molar-refractivity contribution in [1.29, 1.82) is 0 Å². The first-order valence-corrected chi connectivity index (χ1v) is 8.94. The van der Waals surface area contributed by atoms with Gasteiger partial charge in [-0.3, -0.25) is 4.79 Å². The fourth-order valence-corrected chi connectivity index (χ4v) is 2.84. The van der Waals surface area contributed by atoms with E-state index in [1.807, 2.05) is 0 Å². The van der Waals surface area contributed by atoms with Gasteiger partial charge in [-0.05, 0) is 18.6 Å². The highest BCUT2D eigenvalue weighted by Gasteiger charge is 2.30. The van der Waals surface area contributed by atoms with Crippen LogP contribution in [0.2, 0.25) is 0 Å². The van der Waals surface area contributed by atoms with Crippen molar-refractivity contribution in [3.05, 3.63) is 59.8 Å². The van der Waals surface area contributed by atoms with Gasteiger partial charge in [-0.2, -0.15) is 13.2 Å². The lowest BCUT2D eigenvalue weighted by Gasteiger charge is -2.10. The molecule has 158 valence electrons. The van der Waals surface area contributed by atoms with E-state index in [-0.39, 0.29) is 12.3 Å². The second-order valence-corrected chi connectivity index (χ2v) is 6.40. The monoisotopic (exact) mass is 420 g/mol. The molecule has 0 saturated heterocycles. The molecule has 2 aromatic carbocycles. The summed E-state index contributed by atoms with van der Waals surface area (Å²) in [5.41, 5.74) is 0.839. The van der Waals surface area contributed by atoms with E-state index in [0.29, 0.717) is 40.5 Å². The van der Waals surface area contributed by atoms with Crippen molar-refractivity contribution >= 4 is 11.6 Å². The minimum absolute atomic E-state index is 0.119. The Hall–Kier alpha value is -3.49. The van der Waals surface area contributed by atoms with Gasteiger partial charge in [0.15, 0.2) is 5.76 Å². The summed E-state index contributed by atoms with van der Waals surface area (Å²) >= 11 is 0. The third-order valence-electron chi connectivity index (χ3n) is 4.38. The first kappa shape index (κ1) is 21.2. The van der Waals surface area contributed by atoms with Crippen molar-refractivity contribution in [2.75, 3.05) is 19.5 Å². The first-order chi connectivity index (χ1) is 14.3. The molecule has 1 N–H and O–H groups in total. The average molecular weight is 420 g/mol. The van der Waals surface area contributed by atoms with Gasteiger partial charge in [0.25, 0.3) is 0 Å². The van der Waals surface area contributed by atoms with Gasteiger partial charge < -0.3 is 19.3 Å². The molecule has 0 aliphatic rings. The number of nitrogens with one attached hydrogen (secondary N) is 1. The lowest BCUT2D eigenvalue weighted by atomic mass is 10.0. The SMILES string of the molecule is COc1cc(NC(=O)CCc2cnoc2-c2ccc(C(F)(F)F)cc2)cc(OC)c1. The second kappa shape index (κ2) is 8.89. The van der Waals surface area contributed by atoms with Crippen LogP contribution in [0.1, 0.15) is 17.5 Å². The number of carbonyl (C=O) groups is 1. The Morgan fingerprint density at radius 1 is 1.07 bits per heavy atom. The van der Waals surface area contributed by atoms with Crippen LogP contribution in [0, 0.1) is 0 Å². The van der Waals surface area contributed by atoms with E-state index < -0.39 is 11.7 Å². The van der Waals surface area contributed by atoms with Crippen LogP contribution in [-0.2, 0) is 17.4 Å². The quantitative estimate of drug-likeness (QED) is 0.586. The smallest absolute Gasteiger partial charge is 0.416 e. The number of benzene rings is 2. The summed E-state index contributed by atoms with van der Waals surface area (Å²) in [6.45, 7) is 0. The van der Waals surface area contributed by atoms with Crippen molar-refractivity contribution in [3.63, 3.8) is 0 Å². The summed E-state index contributed by atoms with van der Waals surface area (Å²) in [5, 5.41) is 6.48. The molecule has 0 bridgehead atoms. The number of aryl methyl sites for hydroxylation is 1. The topological polar surface area (TPSA) is 73.6 Å². The van der Waals surface area contributed by atoms with E-state index in [9.17, 15) is 18.0 Å². The zero-order chi connectivity index (χ0) is 21.7. The maximum absolute atomic E-state index is 12.7. The minimum atomic E-state index is -4.41. The number of alkyl halides is 3. The molecule has 3 aromatic rings. The molecule has 0 fully saturated rings. The molecule has 1 aromatic heterocycles. The molecule has 0 unspecified atom stereocenters. The number of methoxy groups -OCH3 is 2. The van der Waals surface area contributed by atoms with E-state index in [4.69, 9.17) is 14.0 Å². The number of rotatable bonds is 7. The van der Waals surface area contributed by atoms with Crippen LogP contribution in [0.4, 0.5) is 18.9 Å². The predicted molar refractivity (Wildman–Crippen MR) is 103 cm³/mol. The van der Waals surface area contributed by atoms with Crippen molar-refractivity contribution in [2.24, 2.45) is 0 Å². The highest BCUT2D eigenvalue weighted by Crippen LogP contribution is 2.32. The summed E-state index contributed by atoms with van der Waals surface area (Å²) in [6, 6.07) is 9.59. The molecule has 0 saturated carbocycles. The third-order valence-corrected chi connectivity index (χ3v) is 4.38. The van der Waals surface area contributed by atoms with E-state index in [1.165, 1.54) is 32.5 Å². The summed E-state index contributed by atoms with van der Waals surface area (Å²) < 4.78 is 53.7. The van der Waals surface area contributed by atoms with E-state index in [0.717, 1.165) is 12.1 Å². The normalized spacial score (nSPS) is 11.2. The maximum atomic E-state index is 12.7. The van der Waals surface area contributed by atoms with Crippen molar-refractivity contribution in [2.45, 2.75) is 19.0 Å². The van der Waals surface area contributed by atoms with Crippen LogP contribution in [0.25, 0.3) is 11.3 Å². The number of nitrogens with zero attached hydrogens (tertiary/aromatic N) is 1. The van der Waals surface area contributed by atoms with Gasteiger partial charge in [-0.25, -0.2) is 0 Å². The Morgan fingerprint density at radius 3 is 2.27 bits per heavy atom. The molecule has 1 heterocycles. The van der Waals surface area contributed by atoms with Gasteiger partial charge in [0.1, 0.15) is 11.5 Å². The lowest BCUT2D eigenvalue weighted by molar-refractivity contribution is -0.137. The Kier molecular flexibility index (Phi) is 6.29. The summed E-state index contributed by atoms with van der Waals surface area (Å²) in [4.78, 5) is 12.3. The van der Waals surface area contributed by atoms with Gasteiger partial charge in [0, 0.05) is 41.4 Å². The fraction of sp³-hybridized carbons (Fsp3) is 0.238. The Labute approximate surface area is 170 Å². The number of carbonyl (C=O) groups excluding carboxylic acids is 1. The van der Waals surface area contributed by atoms with Gasteiger partial charge in [0.2, 0.25) is 5.91 Å². The summed E-state index contributed by atoms with van der Waals surface area (Å²) in [7, 11) is 3.02. The molecule has 0 radical (unpaired) electrons. The number of anilines is 1. The van der Waals surface area contributed by atoms with Crippen LogP contribution in [0.5, 0.6) is 11.5 Å². The van der Waals surface area contributed by atoms with Crippen LogP contribution < -0.4 is 14.8 Å².